The van der Waals surface area contributed by atoms with Gasteiger partial charge in [0.1, 0.15) is 11.0 Å². The second kappa shape index (κ2) is 9.52. The average molecular weight is 470 g/mol. The highest BCUT2D eigenvalue weighted by atomic mass is 32.2. The van der Waals surface area contributed by atoms with E-state index >= 15 is 0 Å². The van der Waals surface area contributed by atoms with Gasteiger partial charge >= 0.3 is 0 Å². The van der Waals surface area contributed by atoms with E-state index in [1.807, 2.05) is 55.6 Å². The molecule has 1 atom stereocenters. The summed E-state index contributed by atoms with van der Waals surface area (Å²) < 4.78 is 27.7. The zero-order valence-electron chi connectivity index (χ0n) is 18.2. The molecule has 1 saturated heterocycles. The highest BCUT2D eigenvalue weighted by molar-refractivity contribution is 7.89. The zero-order chi connectivity index (χ0) is 22.7. The van der Waals surface area contributed by atoms with Crippen molar-refractivity contribution >= 4 is 27.3 Å². The lowest BCUT2D eigenvalue weighted by molar-refractivity contribution is -0.124. The largest absolute Gasteiger partial charge is 0.354 e. The van der Waals surface area contributed by atoms with Gasteiger partial charge in [0.2, 0.25) is 15.9 Å². The van der Waals surface area contributed by atoms with Gasteiger partial charge in [-0.1, -0.05) is 36.4 Å². The Hall–Kier alpha value is -2.55. The molecule has 1 aliphatic heterocycles. The lowest BCUT2D eigenvalue weighted by Crippen LogP contribution is -2.46. The quantitative estimate of drug-likeness (QED) is 0.568. The first kappa shape index (κ1) is 22.6. The fourth-order valence-corrected chi connectivity index (χ4v) is 6.47. The van der Waals surface area contributed by atoms with E-state index in [1.54, 1.807) is 23.5 Å². The number of aromatic nitrogens is 1. The molecule has 8 heteroatoms. The second-order valence-electron chi connectivity index (χ2n) is 8.07. The zero-order valence-corrected chi connectivity index (χ0v) is 19.9. The Morgan fingerprint density at radius 1 is 1.16 bits per heavy atom. The molecule has 3 aromatic rings. The molecular weight excluding hydrogens is 442 g/mol. The van der Waals surface area contributed by atoms with E-state index in [0.717, 1.165) is 27.4 Å². The lowest BCUT2D eigenvalue weighted by Gasteiger charge is -2.23. The fourth-order valence-electron chi connectivity index (χ4n) is 3.87. The number of nitrogens with one attached hydrogen (secondary N) is 1. The van der Waals surface area contributed by atoms with Crippen LogP contribution in [0.4, 0.5) is 0 Å². The Kier molecular flexibility index (Phi) is 6.74. The molecule has 1 unspecified atom stereocenters. The Balaban J connectivity index is 1.38. The SMILES string of the molecule is Cc1ccc(S(=O)(=O)N2CCCC2C(=O)NCCc2csc(-c3ccccc3)n2)cc1C. The van der Waals surface area contributed by atoms with Crippen molar-refractivity contribution in [1.82, 2.24) is 14.6 Å². The number of rotatable bonds is 7. The van der Waals surface area contributed by atoms with E-state index in [2.05, 4.69) is 10.3 Å². The summed E-state index contributed by atoms with van der Waals surface area (Å²) in [5.41, 5.74) is 3.95. The summed E-state index contributed by atoms with van der Waals surface area (Å²) in [4.78, 5) is 17.7. The van der Waals surface area contributed by atoms with Crippen LogP contribution in [0.1, 0.15) is 29.7 Å². The van der Waals surface area contributed by atoms with Crippen LogP contribution >= 0.6 is 11.3 Å². The summed E-state index contributed by atoms with van der Waals surface area (Å²) in [6, 6.07) is 14.4. The maximum atomic E-state index is 13.2. The number of amides is 1. The van der Waals surface area contributed by atoms with Gasteiger partial charge in [-0.05, 0) is 49.9 Å². The third-order valence-corrected chi connectivity index (χ3v) is 8.69. The molecule has 0 aliphatic carbocycles. The van der Waals surface area contributed by atoms with Crippen LogP contribution in [-0.4, -0.2) is 42.7 Å². The van der Waals surface area contributed by atoms with Crippen molar-refractivity contribution in [3.8, 4) is 10.6 Å². The van der Waals surface area contributed by atoms with Gasteiger partial charge in [-0.15, -0.1) is 11.3 Å². The minimum Gasteiger partial charge on any atom is -0.354 e. The monoisotopic (exact) mass is 469 g/mol. The summed E-state index contributed by atoms with van der Waals surface area (Å²) in [6.45, 7) is 4.62. The first-order valence-electron chi connectivity index (χ1n) is 10.7. The minimum absolute atomic E-state index is 0.242. The number of carbonyl (C=O) groups excluding carboxylic acids is 1. The molecule has 2 aromatic carbocycles. The van der Waals surface area contributed by atoms with Gasteiger partial charge in [-0.3, -0.25) is 4.79 Å². The highest BCUT2D eigenvalue weighted by Gasteiger charge is 2.39. The topological polar surface area (TPSA) is 79.4 Å². The van der Waals surface area contributed by atoms with Crippen LogP contribution in [0.5, 0.6) is 0 Å². The standard InChI is InChI=1S/C24H27N3O3S2/c1-17-10-11-21(15-18(17)2)32(29,30)27-14-6-9-22(27)23(28)25-13-12-20-16-31-24(26-20)19-7-4-3-5-8-19/h3-5,7-8,10-11,15-16,22H,6,9,12-14H2,1-2H3,(H,25,28). The van der Waals surface area contributed by atoms with Gasteiger partial charge in [0.05, 0.1) is 10.6 Å². The van der Waals surface area contributed by atoms with Crippen LogP contribution in [0, 0.1) is 13.8 Å². The molecule has 0 spiro atoms. The molecule has 6 nitrogen and oxygen atoms in total. The molecule has 1 amide bonds. The van der Waals surface area contributed by atoms with Crippen LogP contribution in [0.3, 0.4) is 0 Å². The van der Waals surface area contributed by atoms with Crippen molar-refractivity contribution in [2.45, 2.75) is 44.0 Å². The van der Waals surface area contributed by atoms with Crippen molar-refractivity contribution in [1.29, 1.82) is 0 Å². The molecule has 1 N–H and O–H groups in total. The summed E-state index contributed by atoms with van der Waals surface area (Å²) in [6.07, 6.45) is 1.81. The molecule has 1 aliphatic rings. The second-order valence-corrected chi connectivity index (χ2v) is 10.8. The van der Waals surface area contributed by atoms with Gasteiger partial charge in [-0.2, -0.15) is 4.31 Å². The van der Waals surface area contributed by atoms with Crippen molar-refractivity contribution in [2.24, 2.45) is 0 Å². The Morgan fingerprint density at radius 2 is 1.94 bits per heavy atom. The summed E-state index contributed by atoms with van der Waals surface area (Å²) in [7, 11) is -3.71. The van der Waals surface area contributed by atoms with Crippen molar-refractivity contribution in [3.63, 3.8) is 0 Å². The average Bonchev–Trinajstić information content (AvgIpc) is 3.46. The smallest absolute Gasteiger partial charge is 0.243 e. The van der Waals surface area contributed by atoms with Crippen LogP contribution in [-0.2, 0) is 21.2 Å². The number of nitrogens with zero attached hydrogens (tertiary/aromatic N) is 2. The van der Waals surface area contributed by atoms with Gasteiger partial charge in [-0.25, -0.2) is 13.4 Å². The van der Waals surface area contributed by atoms with E-state index in [1.165, 1.54) is 4.31 Å². The normalized spacial score (nSPS) is 16.9. The molecule has 1 aromatic heterocycles. The molecule has 0 radical (unpaired) electrons. The first-order chi connectivity index (χ1) is 15.4. The number of hydrogen-bond donors (Lipinski definition) is 1. The van der Waals surface area contributed by atoms with Gasteiger partial charge in [0.25, 0.3) is 0 Å². The Morgan fingerprint density at radius 3 is 2.69 bits per heavy atom. The number of hydrogen-bond acceptors (Lipinski definition) is 5. The maximum Gasteiger partial charge on any atom is 0.243 e. The number of benzene rings is 2. The van der Waals surface area contributed by atoms with Crippen molar-refractivity contribution < 1.29 is 13.2 Å². The number of aryl methyl sites for hydroxylation is 2. The van der Waals surface area contributed by atoms with E-state index in [4.69, 9.17) is 0 Å². The Labute approximate surface area is 193 Å². The predicted molar refractivity (Wildman–Crippen MR) is 127 cm³/mol. The van der Waals surface area contributed by atoms with Gasteiger partial charge in [0, 0.05) is 30.5 Å². The molecule has 0 bridgehead atoms. The van der Waals surface area contributed by atoms with E-state index in [-0.39, 0.29) is 10.8 Å². The highest BCUT2D eigenvalue weighted by Crippen LogP contribution is 2.27. The predicted octanol–water partition coefficient (Wildman–Crippen LogP) is 3.94. The molecule has 32 heavy (non-hydrogen) atoms. The molecule has 4 rings (SSSR count). The van der Waals surface area contributed by atoms with Gasteiger partial charge in [0.15, 0.2) is 0 Å². The van der Waals surface area contributed by atoms with Crippen LogP contribution in [0.2, 0.25) is 0 Å². The number of thiazole rings is 1. The molecule has 0 saturated carbocycles. The molecule has 168 valence electrons. The Bertz CT molecular complexity index is 1210. The molecular formula is C24H27N3O3S2. The number of carbonyl (C=O) groups is 1. The lowest BCUT2D eigenvalue weighted by atomic mass is 10.1. The van der Waals surface area contributed by atoms with E-state index in [0.29, 0.717) is 32.4 Å². The van der Waals surface area contributed by atoms with Crippen molar-refractivity contribution in [3.05, 3.63) is 70.7 Å². The van der Waals surface area contributed by atoms with E-state index in [9.17, 15) is 13.2 Å². The van der Waals surface area contributed by atoms with Crippen LogP contribution < -0.4 is 5.32 Å². The summed E-state index contributed by atoms with van der Waals surface area (Å²) in [5.74, 6) is -0.242. The van der Waals surface area contributed by atoms with E-state index < -0.39 is 16.1 Å². The fraction of sp³-hybridized carbons (Fsp3) is 0.333. The molecule has 2 heterocycles. The van der Waals surface area contributed by atoms with Crippen molar-refractivity contribution in [2.75, 3.05) is 13.1 Å². The van der Waals surface area contributed by atoms with Crippen LogP contribution in [0.25, 0.3) is 10.6 Å². The number of sulfonamides is 1. The van der Waals surface area contributed by atoms with Gasteiger partial charge < -0.3 is 5.32 Å². The first-order valence-corrected chi connectivity index (χ1v) is 13.0. The summed E-state index contributed by atoms with van der Waals surface area (Å²) >= 11 is 1.58. The third-order valence-electron chi connectivity index (χ3n) is 5.84. The molecule has 1 fully saturated rings. The summed E-state index contributed by atoms with van der Waals surface area (Å²) in [5, 5.41) is 5.87. The third kappa shape index (κ3) is 4.77. The van der Waals surface area contributed by atoms with Crippen LogP contribution in [0.15, 0.2) is 58.8 Å². The minimum atomic E-state index is -3.71. The maximum absolute atomic E-state index is 13.2.